The molecule has 0 saturated carbocycles. The first kappa shape index (κ1) is 17.7. The molecule has 0 bridgehead atoms. The largest absolute Gasteiger partial charge is 0.504 e. The van der Waals surface area contributed by atoms with Crippen LogP contribution in [-0.2, 0) is 0 Å². The first-order chi connectivity index (χ1) is 14.7. The number of hydrogen-bond acceptors (Lipinski definition) is 9. The van der Waals surface area contributed by atoms with Crippen molar-refractivity contribution in [2.75, 3.05) is 6.79 Å². The summed E-state index contributed by atoms with van der Waals surface area (Å²) >= 11 is 0. The van der Waals surface area contributed by atoms with Gasteiger partial charge in [0.2, 0.25) is 6.79 Å². The van der Waals surface area contributed by atoms with Crippen LogP contribution in [0.4, 0.5) is 0 Å². The highest BCUT2D eigenvalue weighted by Crippen LogP contribution is 2.36. The van der Waals surface area contributed by atoms with Gasteiger partial charge < -0.3 is 24.1 Å². The highest BCUT2D eigenvalue weighted by Gasteiger charge is 2.15. The van der Waals surface area contributed by atoms with Gasteiger partial charge in [0, 0.05) is 30.2 Å². The second-order valence-electron chi connectivity index (χ2n) is 6.17. The number of hydrogen-bond donors (Lipinski definition) is 1. The van der Waals surface area contributed by atoms with Gasteiger partial charge in [-0.1, -0.05) is 12.1 Å². The molecule has 1 N–H and O–H groups in total. The molecule has 0 saturated heterocycles. The minimum atomic E-state index is -0.000134. The van der Waals surface area contributed by atoms with Crippen LogP contribution < -0.4 is 18.9 Å². The van der Waals surface area contributed by atoms with Crippen LogP contribution in [0, 0.1) is 0 Å². The summed E-state index contributed by atoms with van der Waals surface area (Å²) in [6.45, 7) is 0.193. The SMILES string of the molecule is Oc1ccccc1Oc1nccc(-c2cnc(Oc3ccc4c(c3)OCO4)nc2)n1. The summed E-state index contributed by atoms with van der Waals surface area (Å²) in [6, 6.07) is 13.8. The van der Waals surface area contributed by atoms with Crippen LogP contribution in [0.1, 0.15) is 0 Å². The van der Waals surface area contributed by atoms with Crippen LogP contribution >= 0.6 is 0 Å². The number of aromatic hydroxyl groups is 1. The molecule has 9 nitrogen and oxygen atoms in total. The van der Waals surface area contributed by atoms with Gasteiger partial charge in [-0.15, -0.1) is 0 Å². The van der Waals surface area contributed by atoms with E-state index < -0.39 is 0 Å². The molecule has 0 aliphatic carbocycles. The third-order valence-electron chi connectivity index (χ3n) is 4.18. The topological polar surface area (TPSA) is 109 Å². The second kappa shape index (κ2) is 7.55. The number of ether oxygens (including phenoxy) is 4. The van der Waals surface area contributed by atoms with Gasteiger partial charge in [0.25, 0.3) is 0 Å². The fraction of sp³-hybridized carbons (Fsp3) is 0.0476. The predicted octanol–water partition coefficient (Wildman–Crippen LogP) is 3.95. The highest BCUT2D eigenvalue weighted by molar-refractivity contribution is 5.57. The summed E-state index contributed by atoms with van der Waals surface area (Å²) in [5.74, 6) is 2.08. The van der Waals surface area contributed by atoms with Crippen molar-refractivity contribution in [3.05, 3.63) is 67.1 Å². The summed E-state index contributed by atoms with van der Waals surface area (Å²) in [4.78, 5) is 16.9. The van der Waals surface area contributed by atoms with Crippen molar-refractivity contribution < 1.29 is 24.1 Å². The van der Waals surface area contributed by atoms with Crippen molar-refractivity contribution >= 4 is 0 Å². The molecule has 0 fully saturated rings. The van der Waals surface area contributed by atoms with E-state index in [2.05, 4.69) is 19.9 Å². The minimum Gasteiger partial charge on any atom is -0.504 e. The Bertz CT molecular complexity index is 1200. The molecule has 0 spiro atoms. The van der Waals surface area contributed by atoms with Crippen LogP contribution in [0.25, 0.3) is 11.3 Å². The van der Waals surface area contributed by atoms with Gasteiger partial charge in [-0.05, 0) is 30.3 Å². The number of phenols is 1. The zero-order valence-electron chi connectivity index (χ0n) is 15.4. The van der Waals surface area contributed by atoms with Gasteiger partial charge >= 0.3 is 12.0 Å². The smallest absolute Gasteiger partial charge is 0.322 e. The zero-order valence-corrected chi connectivity index (χ0v) is 15.4. The number of fused-ring (bicyclic) bond motifs is 1. The van der Waals surface area contributed by atoms with Crippen molar-refractivity contribution in [1.82, 2.24) is 19.9 Å². The van der Waals surface area contributed by atoms with Crippen LogP contribution in [-0.4, -0.2) is 31.8 Å². The van der Waals surface area contributed by atoms with Crippen molar-refractivity contribution in [1.29, 1.82) is 0 Å². The van der Waals surface area contributed by atoms with E-state index in [-0.39, 0.29) is 30.3 Å². The Morgan fingerprint density at radius 1 is 0.833 bits per heavy atom. The van der Waals surface area contributed by atoms with E-state index in [0.29, 0.717) is 28.5 Å². The maximum Gasteiger partial charge on any atom is 0.322 e. The second-order valence-corrected chi connectivity index (χ2v) is 6.17. The molecule has 0 atom stereocenters. The Kier molecular flexibility index (Phi) is 4.45. The summed E-state index contributed by atoms with van der Waals surface area (Å²) in [5.41, 5.74) is 1.21. The van der Waals surface area contributed by atoms with Crippen molar-refractivity contribution in [3.8, 4) is 52.0 Å². The lowest BCUT2D eigenvalue weighted by Gasteiger charge is -2.07. The molecule has 4 aromatic rings. The Morgan fingerprint density at radius 3 is 2.53 bits per heavy atom. The Hall–Kier alpha value is -4.40. The third-order valence-corrected chi connectivity index (χ3v) is 4.18. The molecular weight excluding hydrogens is 388 g/mol. The Labute approximate surface area is 170 Å². The molecule has 5 rings (SSSR count). The van der Waals surface area contributed by atoms with Crippen molar-refractivity contribution in [2.24, 2.45) is 0 Å². The summed E-state index contributed by atoms with van der Waals surface area (Å²) in [5, 5.41) is 9.83. The number of nitrogens with zero attached hydrogens (tertiary/aromatic N) is 4. The third kappa shape index (κ3) is 3.63. The Balaban J connectivity index is 1.32. The van der Waals surface area contributed by atoms with Crippen LogP contribution in [0.5, 0.6) is 40.8 Å². The number of aromatic nitrogens is 4. The number of para-hydroxylation sites is 2. The lowest BCUT2D eigenvalue weighted by atomic mass is 10.2. The predicted molar refractivity (Wildman–Crippen MR) is 104 cm³/mol. The minimum absolute atomic E-state index is 0.000134. The molecule has 0 unspecified atom stereocenters. The average Bonchev–Trinajstić information content (AvgIpc) is 3.24. The molecular formula is C21H14N4O5. The van der Waals surface area contributed by atoms with Gasteiger partial charge in [-0.2, -0.15) is 4.98 Å². The number of rotatable bonds is 5. The van der Waals surface area contributed by atoms with Gasteiger partial charge in [0.1, 0.15) is 5.75 Å². The van der Waals surface area contributed by atoms with Crippen LogP contribution in [0.15, 0.2) is 67.1 Å². The summed E-state index contributed by atoms with van der Waals surface area (Å²) < 4.78 is 21.8. The molecule has 2 aromatic carbocycles. The maximum absolute atomic E-state index is 9.83. The average molecular weight is 402 g/mol. The van der Waals surface area contributed by atoms with Gasteiger partial charge in [0.05, 0.1) is 5.69 Å². The molecule has 0 radical (unpaired) electrons. The lowest BCUT2D eigenvalue weighted by Crippen LogP contribution is -1.96. The highest BCUT2D eigenvalue weighted by atomic mass is 16.7. The fourth-order valence-corrected chi connectivity index (χ4v) is 2.74. The van der Waals surface area contributed by atoms with Gasteiger partial charge in [-0.25, -0.2) is 15.0 Å². The number of benzene rings is 2. The first-order valence-electron chi connectivity index (χ1n) is 8.93. The molecule has 30 heavy (non-hydrogen) atoms. The number of phenolic OH excluding ortho intramolecular Hbond substituents is 1. The van der Waals surface area contributed by atoms with E-state index in [4.69, 9.17) is 18.9 Å². The standard InChI is InChI=1S/C21H14N4O5/c26-16-3-1-2-4-17(16)30-21-22-8-7-15(25-21)13-10-23-20(24-11-13)29-14-5-6-18-19(9-14)28-12-27-18/h1-11,26H,12H2. The van der Waals surface area contributed by atoms with Gasteiger partial charge in [-0.3, -0.25) is 0 Å². The zero-order chi connectivity index (χ0) is 20.3. The van der Waals surface area contributed by atoms with Crippen LogP contribution in [0.2, 0.25) is 0 Å². The normalized spacial score (nSPS) is 11.9. The first-order valence-corrected chi connectivity index (χ1v) is 8.93. The Morgan fingerprint density at radius 2 is 1.67 bits per heavy atom. The molecule has 9 heteroatoms. The van der Waals surface area contributed by atoms with Gasteiger partial charge in [0.15, 0.2) is 23.0 Å². The monoisotopic (exact) mass is 402 g/mol. The molecule has 1 aliphatic heterocycles. The van der Waals surface area contributed by atoms with E-state index in [1.165, 1.54) is 6.07 Å². The van der Waals surface area contributed by atoms with E-state index >= 15 is 0 Å². The fourth-order valence-electron chi connectivity index (χ4n) is 2.74. The maximum atomic E-state index is 9.83. The van der Waals surface area contributed by atoms with Crippen molar-refractivity contribution in [2.45, 2.75) is 0 Å². The summed E-state index contributed by atoms with van der Waals surface area (Å²) in [6.07, 6.45) is 4.72. The summed E-state index contributed by atoms with van der Waals surface area (Å²) in [7, 11) is 0. The molecule has 3 heterocycles. The quantitative estimate of drug-likeness (QED) is 0.530. The van der Waals surface area contributed by atoms with E-state index in [1.54, 1.807) is 61.1 Å². The van der Waals surface area contributed by atoms with E-state index in [0.717, 1.165) is 0 Å². The molecule has 0 amide bonds. The van der Waals surface area contributed by atoms with Crippen LogP contribution in [0.3, 0.4) is 0 Å². The molecule has 1 aliphatic rings. The lowest BCUT2D eigenvalue weighted by molar-refractivity contribution is 0.174. The van der Waals surface area contributed by atoms with E-state index in [9.17, 15) is 5.11 Å². The van der Waals surface area contributed by atoms with Crippen molar-refractivity contribution in [3.63, 3.8) is 0 Å². The molecule has 2 aromatic heterocycles. The molecule has 148 valence electrons. The van der Waals surface area contributed by atoms with E-state index in [1.807, 2.05) is 0 Å².